The Labute approximate surface area is 207 Å². The van der Waals surface area contributed by atoms with Crippen molar-refractivity contribution in [2.24, 2.45) is 5.92 Å². The first-order valence-corrected chi connectivity index (χ1v) is 12.8. The maximum atomic E-state index is 13.1. The highest BCUT2D eigenvalue weighted by Crippen LogP contribution is 2.27. The van der Waals surface area contributed by atoms with Gasteiger partial charge in [0.2, 0.25) is 6.10 Å². The largest absolute Gasteiger partial charge is 0.431 e. The van der Waals surface area contributed by atoms with Crippen LogP contribution >= 0.6 is 11.6 Å². The maximum Gasteiger partial charge on any atom is 0.412 e. The summed E-state index contributed by atoms with van der Waals surface area (Å²) >= 11 is 5.90. The van der Waals surface area contributed by atoms with Crippen molar-refractivity contribution in [1.29, 1.82) is 0 Å². The van der Waals surface area contributed by atoms with E-state index in [9.17, 15) is 9.59 Å². The molecule has 1 saturated carbocycles. The average molecular weight is 484 g/mol. The van der Waals surface area contributed by atoms with Gasteiger partial charge in [0.1, 0.15) is 0 Å². The minimum atomic E-state index is -1.02. The van der Waals surface area contributed by atoms with Crippen molar-refractivity contribution in [1.82, 2.24) is 10.2 Å². The van der Waals surface area contributed by atoms with Crippen LogP contribution in [0.4, 0.5) is 10.5 Å². The van der Waals surface area contributed by atoms with Crippen molar-refractivity contribution in [3.8, 4) is 0 Å². The van der Waals surface area contributed by atoms with Crippen LogP contribution in [0.15, 0.2) is 54.6 Å². The van der Waals surface area contributed by atoms with Crippen LogP contribution in [0.2, 0.25) is 5.02 Å². The number of carbonyl (C=O) groups is 2. The standard InChI is InChI=1S/C27H34ClN3O3/c28-22-11-13-23(14-12-22)30-27(33)34-25(21-7-3-1-4-8-21)26(32)29-19-20-15-17-31(18-16-20)24-9-5-2-6-10-24/h1,3-4,7-8,11-14,20,24-25H,2,5-6,9-10,15-19H2,(H,29,32)(H,30,33). The third-order valence-corrected chi connectivity index (χ3v) is 7.21. The molecule has 1 atom stereocenters. The van der Waals surface area contributed by atoms with Gasteiger partial charge in [0.25, 0.3) is 5.91 Å². The van der Waals surface area contributed by atoms with E-state index in [1.807, 2.05) is 18.2 Å². The molecule has 1 aliphatic heterocycles. The van der Waals surface area contributed by atoms with Gasteiger partial charge < -0.3 is 15.0 Å². The van der Waals surface area contributed by atoms with Gasteiger partial charge in [0, 0.05) is 28.9 Å². The predicted molar refractivity (Wildman–Crippen MR) is 135 cm³/mol. The van der Waals surface area contributed by atoms with Crippen molar-refractivity contribution in [3.05, 3.63) is 65.2 Å². The molecule has 2 aliphatic rings. The van der Waals surface area contributed by atoms with Gasteiger partial charge in [-0.05, 0) is 69.0 Å². The molecule has 6 nitrogen and oxygen atoms in total. The molecule has 182 valence electrons. The molecule has 1 aliphatic carbocycles. The van der Waals surface area contributed by atoms with Gasteiger partial charge in [-0.1, -0.05) is 61.2 Å². The summed E-state index contributed by atoms with van der Waals surface area (Å²) in [5.41, 5.74) is 1.18. The second-order valence-corrected chi connectivity index (χ2v) is 9.78. The van der Waals surface area contributed by atoms with E-state index in [0.29, 0.717) is 28.7 Å². The summed E-state index contributed by atoms with van der Waals surface area (Å²) in [5, 5.41) is 6.28. The monoisotopic (exact) mass is 483 g/mol. The Hall–Kier alpha value is -2.57. The number of likely N-dealkylation sites (tertiary alicyclic amines) is 1. The van der Waals surface area contributed by atoms with Crippen molar-refractivity contribution < 1.29 is 14.3 Å². The Kier molecular flexibility index (Phi) is 8.83. The highest BCUT2D eigenvalue weighted by Gasteiger charge is 2.29. The summed E-state index contributed by atoms with van der Waals surface area (Å²) in [6, 6.07) is 16.6. The summed E-state index contributed by atoms with van der Waals surface area (Å²) in [5.74, 6) is 0.148. The van der Waals surface area contributed by atoms with Crippen LogP contribution in [0.1, 0.15) is 56.6 Å². The Morgan fingerprint density at radius 3 is 2.29 bits per heavy atom. The highest BCUT2D eigenvalue weighted by molar-refractivity contribution is 6.30. The second kappa shape index (κ2) is 12.2. The summed E-state index contributed by atoms with van der Waals surface area (Å²) in [4.78, 5) is 28.3. The topological polar surface area (TPSA) is 70.7 Å². The van der Waals surface area contributed by atoms with Crippen LogP contribution in [-0.2, 0) is 9.53 Å². The third kappa shape index (κ3) is 6.97. The molecular weight excluding hydrogens is 450 g/mol. The maximum absolute atomic E-state index is 13.1. The molecule has 1 unspecified atom stereocenters. The summed E-state index contributed by atoms with van der Waals surface area (Å²) in [6.07, 6.45) is 7.21. The van der Waals surface area contributed by atoms with Crippen molar-refractivity contribution in [2.75, 3.05) is 25.0 Å². The lowest BCUT2D eigenvalue weighted by molar-refractivity contribution is -0.129. The fraction of sp³-hybridized carbons (Fsp3) is 0.481. The van der Waals surface area contributed by atoms with Crippen molar-refractivity contribution in [2.45, 2.75) is 57.1 Å². The average Bonchev–Trinajstić information content (AvgIpc) is 2.88. The van der Waals surface area contributed by atoms with E-state index in [2.05, 4.69) is 15.5 Å². The number of nitrogens with zero attached hydrogens (tertiary/aromatic N) is 1. The van der Waals surface area contributed by atoms with Crippen molar-refractivity contribution >= 4 is 29.3 Å². The molecule has 2 N–H and O–H groups in total. The first-order valence-electron chi connectivity index (χ1n) is 12.4. The van der Waals surface area contributed by atoms with E-state index in [4.69, 9.17) is 16.3 Å². The molecule has 1 heterocycles. The molecule has 7 heteroatoms. The molecule has 0 spiro atoms. The lowest BCUT2D eigenvalue weighted by Gasteiger charge is -2.39. The van der Waals surface area contributed by atoms with Crippen LogP contribution < -0.4 is 10.6 Å². The number of rotatable bonds is 7. The molecule has 2 aromatic rings. The van der Waals surface area contributed by atoms with Gasteiger partial charge in [-0.25, -0.2) is 4.79 Å². The molecule has 4 rings (SSSR count). The normalized spacial score (nSPS) is 18.7. The predicted octanol–water partition coefficient (Wildman–Crippen LogP) is 5.79. The zero-order chi connectivity index (χ0) is 23.8. The molecule has 34 heavy (non-hydrogen) atoms. The van der Waals surface area contributed by atoms with Crippen LogP contribution in [0.3, 0.4) is 0 Å². The molecule has 2 fully saturated rings. The molecule has 0 aromatic heterocycles. The first kappa shape index (κ1) is 24.6. The fourth-order valence-electron chi connectivity index (χ4n) is 4.99. The first-order chi connectivity index (χ1) is 16.6. The van der Waals surface area contributed by atoms with Gasteiger partial charge in [-0.3, -0.25) is 10.1 Å². The quantitative estimate of drug-likeness (QED) is 0.522. The lowest BCUT2D eigenvalue weighted by atomic mass is 9.90. The van der Waals surface area contributed by atoms with Crippen molar-refractivity contribution in [3.63, 3.8) is 0 Å². The fourth-order valence-corrected chi connectivity index (χ4v) is 5.12. The molecule has 0 radical (unpaired) electrons. The number of piperidine rings is 1. The Morgan fingerprint density at radius 1 is 0.941 bits per heavy atom. The van der Waals surface area contributed by atoms with Gasteiger partial charge >= 0.3 is 6.09 Å². The number of carbonyl (C=O) groups excluding carboxylic acids is 2. The zero-order valence-electron chi connectivity index (χ0n) is 19.5. The number of nitrogens with one attached hydrogen (secondary N) is 2. The van der Waals surface area contributed by atoms with E-state index < -0.39 is 12.2 Å². The molecule has 2 aromatic carbocycles. The van der Waals surface area contributed by atoms with Crippen LogP contribution in [0.25, 0.3) is 0 Å². The number of ether oxygens (including phenoxy) is 1. The van der Waals surface area contributed by atoms with Gasteiger partial charge in [-0.2, -0.15) is 0 Å². The van der Waals surface area contributed by atoms with E-state index in [0.717, 1.165) is 32.0 Å². The third-order valence-electron chi connectivity index (χ3n) is 6.96. The molecule has 0 bridgehead atoms. The molecule has 2 amide bonds. The van der Waals surface area contributed by atoms with E-state index >= 15 is 0 Å². The Bertz CT molecular complexity index is 924. The minimum Gasteiger partial charge on any atom is -0.431 e. The van der Waals surface area contributed by atoms with Crippen LogP contribution in [0, 0.1) is 5.92 Å². The van der Waals surface area contributed by atoms with Gasteiger partial charge in [-0.15, -0.1) is 0 Å². The van der Waals surface area contributed by atoms with E-state index in [1.165, 1.54) is 32.1 Å². The van der Waals surface area contributed by atoms with E-state index in [-0.39, 0.29) is 5.91 Å². The Balaban J connectivity index is 1.30. The minimum absolute atomic E-state index is 0.299. The molecule has 1 saturated heterocycles. The SMILES string of the molecule is O=C(Nc1ccc(Cl)cc1)OC(C(=O)NCC1CCN(C2CCCCC2)CC1)c1ccccc1. The smallest absolute Gasteiger partial charge is 0.412 e. The van der Waals surface area contributed by atoms with E-state index in [1.54, 1.807) is 36.4 Å². The number of halogens is 1. The number of hydrogen-bond acceptors (Lipinski definition) is 4. The summed E-state index contributed by atoms with van der Waals surface area (Å²) in [6.45, 7) is 2.81. The number of benzene rings is 2. The number of amides is 2. The Morgan fingerprint density at radius 2 is 1.62 bits per heavy atom. The summed E-state index contributed by atoms with van der Waals surface area (Å²) < 4.78 is 5.57. The van der Waals surface area contributed by atoms with Gasteiger partial charge in [0.15, 0.2) is 0 Å². The second-order valence-electron chi connectivity index (χ2n) is 9.34. The van der Waals surface area contributed by atoms with Crippen LogP contribution in [0.5, 0.6) is 0 Å². The highest BCUT2D eigenvalue weighted by atomic mass is 35.5. The summed E-state index contributed by atoms with van der Waals surface area (Å²) in [7, 11) is 0. The zero-order valence-corrected chi connectivity index (χ0v) is 20.3. The number of hydrogen-bond donors (Lipinski definition) is 2. The van der Waals surface area contributed by atoms with Gasteiger partial charge in [0.05, 0.1) is 0 Å². The molecular formula is C27H34ClN3O3. The van der Waals surface area contributed by atoms with Crippen LogP contribution in [-0.4, -0.2) is 42.6 Å². The number of anilines is 1. The lowest BCUT2D eigenvalue weighted by Crippen LogP contribution is -2.45.